The van der Waals surface area contributed by atoms with Crippen LogP contribution in [0.1, 0.15) is 33.6 Å². The van der Waals surface area contributed by atoms with E-state index >= 15 is 0 Å². The molecule has 4 nitrogen and oxygen atoms in total. The summed E-state index contributed by atoms with van der Waals surface area (Å²) in [6.07, 6.45) is 3.84. The molecule has 3 N–H and O–H groups in total. The average Bonchev–Trinajstić information content (AvgIpc) is 2.13. The van der Waals surface area contributed by atoms with Crippen LogP contribution in [0.4, 0.5) is 0 Å². The lowest BCUT2D eigenvalue weighted by Crippen LogP contribution is -2.50. The summed E-state index contributed by atoms with van der Waals surface area (Å²) in [7, 11) is 0. The summed E-state index contributed by atoms with van der Waals surface area (Å²) in [5.74, 6) is 5.16. The number of piperidine rings is 1. The third-order valence-corrected chi connectivity index (χ3v) is 3.07. The first-order valence-corrected chi connectivity index (χ1v) is 5.33. The fraction of sp³-hybridized carbons (Fsp3) is 0.900. The van der Waals surface area contributed by atoms with Crippen molar-refractivity contribution < 1.29 is 0 Å². The molecule has 0 radical (unpaired) electrons. The van der Waals surface area contributed by atoms with Crippen molar-refractivity contribution in [2.24, 2.45) is 10.8 Å². The summed E-state index contributed by atoms with van der Waals surface area (Å²) in [5.41, 5.74) is 2.73. The van der Waals surface area contributed by atoms with Gasteiger partial charge in [-0.05, 0) is 33.2 Å². The Kier molecular flexibility index (Phi) is 3.89. The molecule has 0 aliphatic carbocycles. The van der Waals surface area contributed by atoms with Gasteiger partial charge < -0.3 is 5.43 Å². The summed E-state index contributed by atoms with van der Waals surface area (Å²) < 4.78 is 0. The second-order valence-electron chi connectivity index (χ2n) is 4.48. The number of likely N-dealkylation sites (tertiary alicyclic amines) is 1. The first kappa shape index (κ1) is 11.5. The van der Waals surface area contributed by atoms with E-state index in [9.17, 15) is 0 Å². The van der Waals surface area contributed by atoms with Crippen molar-refractivity contribution in [1.82, 2.24) is 10.3 Å². The topological polar surface area (TPSA) is 53.6 Å². The third kappa shape index (κ3) is 2.69. The number of hydrazine groups is 1. The lowest BCUT2D eigenvalue weighted by molar-refractivity contribution is 0.0733. The van der Waals surface area contributed by atoms with Gasteiger partial charge in [-0.3, -0.25) is 9.89 Å². The monoisotopic (exact) mass is 198 g/mol. The van der Waals surface area contributed by atoms with Crippen LogP contribution >= 0.6 is 0 Å². The van der Waals surface area contributed by atoms with Gasteiger partial charge >= 0.3 is 0 Å². The molecular weight excluding hydrogens is 176 g/mol. The van der Waals surface area contributed by atoms with Crippen LogP contribution in [0.25, 0.3) is 0 Å². The maximum Gasteiger partial charge on any atom is 0.0967 e. The molecule has 1 unspecified atom stereocenters. The van der Waals surface area contributed by atoms with Gasteiger partial charge in [0, 0.05) is 12.1 Å². The van der Waals surface area contributed by atoms with Crippen LogP contribution in [0.2, 0.25) is 0 Å². The summed E-state index contributed by atoms with van der Waals surface area (Å²) >= 11 is 0. The molecule has 82 valence electrons. The minimum Gasteiger partial charge on any atom is -0.315 e. The molecule has 1 fully saturated rings. The lowest BCUT2D eigenvalue weighted by Gasteiger charge is -2.44. The van der Waals surface area contributed by atoms with Crippen molar-refractivity contribution in [3.05, 3.63) is 0 Å². The van der Waals surface area contributed by atoms with Gasteiger partial charge in [0.25, 0.3) is 0 Å². The Labute approximate surface area is 86.5 Å². The minimum absolute atomic E-state index is 0.267. The molecule has 4 heteroatoms. The first-order chi connectivity index (χ1) is 6.60. The van der Waals surface area contributed by atoms with Crippen LogP contribution < -0.4 is 11.3 Å². The fourth-order valence-corrected chi connectivity index (χ4v) is 2.28. The van der Waals surface area contributed by atoms with Crippen LogP contribution in [0, 0.1) is 0 Å². The van der Waals surface area contributed by atoms with Crippen molar-refractivity contribution in [3.63, 3.8) is 0 Å². The van der Waals surface area contributed by atoms with E-state index in [2.05, 4.69) is 36.1 Å². The van der Waals surface area contributed by atoms with Gasteiger partial charge in [-0.15, -0.1) is 0 Å². The molecule has 0 aromatic rings. The SMILES string of the molecule is CCN1CCC(N=CNN)CC1(C)C. The minimum atomic E-state index is 0.267. The number of rotatable bonds is 3. The molecule has 0 amide bonds. The predicted octanol–water partition coefficient (Wildman–Crippen LogP) is 0.741. The molecule has 14 heavy (non-hydrogen) atoms. The van der Waals surface area contributed by atoms with E-state index in [1.54, 1.807) is 6.34 Å². The molecule has 0 spiro atoms. The van der Waals surface area contributed by atoms with Gasteiger partial charge in [-0.25, -0.2) is 5.84 Å². The van der Waals surface area contributed by atoms with Crippen LogP contribution in [0.5, 0.6) is 0 Å². The molecule has 1 aliphatic rings. The molecular formula is C10H22N4. The summed E-state index contributed by atoms with van der Waals surface area (Å²) in [6, 6.07) is 0.420. The zero-order valence-electron chi connectivity index (χ0n) is 9.45. The Bertz CT molecular complexity index is 200. The van der Waals surface area contributed by atoms with E-state index in [1.807, 2.05) is 0 Å². The lowest BCUT2D eigenvalue weighted by atomic mass is 9.87. The molecule has 0 aromatic carbocycles. The summed E-state index contributed by atoms with van der Waals surface area (Å²) in [5, 5.41) is 0. The number of aliphatic imine (C=N–C) groups is 1. The fourth-order valence-electron chi connectivity index (χ4n) is 2.28. The number of nitrogens with one attached hydrogen (secondary N) is 1. The van der Waals surface area contributed by atoms with Crippen LogP contribution in [-0.2, 0) is 0 Å². The van der Waals surface area contributed by atoms with Gasteiger partial charge in [0.05, 0.1) is 12.4 Å². The molecule has 1 rings (SSSR count). The Hall–Kier alpha value is -0.610. The average molecular weight is 198 g/mol. The Morgan fingerprint density at radius 2 is 2.36 bits per heavy atom. The number of hydrogen-bond acceptors (Lipinski definition) is 3. The van der Waals surface area contributed by atoms with Gasteiger partial charge in [-0.1, -0.05) is 6.92 Å². The van der Waals surface area contributed by atoms with Crippen molar-refractivity contribution in [3.8, 4) is 0 Å². The van der Waals surface area contributed by atoms with E-state index in [4.69, 9.17) is 5.84 Å². The van der Waals surface area contributed by atoms with Gasteiger partial charge in [0.15, 0.2) is 0 Å². The van der Waals surface area contributed by atoms with Crippen molar-refractivity contribution in [2.75, 3.05) is 13.1 Å². The highest BCUT2D eigenvalue weighted by atomic mass is 15.2. The normalized spacial score (nSPS) is 28.1. The highest BCUT2D eigenvalue weighted by Crippen LogP contribution is 2.28. The summed E-state index contributed by atoms with van der Waals surface area (Å²) in [6.45, 7) is 9.05. The number of hydrogen-bond donors (Lipinski definition) is 2. The zero-order chi connectivity index (χ0) is 10.6. The molecule has 0 aromatic heterocycles. The molecule has 0 bridgehead atoms. The number of nitrogens with two attached hydrogens (primary N) is 1. The Morgan fingerprint density at radius 1 is 1.64 bits per heavy atom. The Morgan fingerprint density at radius 3 is 2.86 bits per heavy atom. The second-order valence-corrected chi connectivity index (χ2v) is 4.48. The maximum absolute atomic E-state index is 5.16. The van der Waals surface area contributed by atoms with Gasteiger partial charge in [0.2, 0.25) is 0 Å². The smallest absolute Gasteiger partial charge is 0.0967 e. The van der Waals surface area contributed by atoms with Crippen molar-refractivity contribution in [2.45, 2.75) is 45.2 Å². The van der Waals surface area contributed by atoms with E-state index in [-0.39, 0.29) is 5.54 Å². The van der Waals surface area contributed by atoms with E-state index in [1.165, 1.54) is 0 Å². The molecule has 1 heterocycles. The zero-order valence-corrected chi connectivity index (χ0v) is 9.45. The second kappa shape index (κ2) is 4.75. The standard InChI is InChI=1S/C10H22N4/c1-4-14-6-5-9(12-8-13-11)7-10(14,2)3/h8-9H,4-7,11H2,1-3H3,(H,12,13). The van der Waals surface area contributed by atoms with Crippen LogP contribution in [0.15, 0.2) is 4.99 Å². The Balaban J connectivity index is 2.53. The highest BCUT2D eigenvalue weighted by Gasteiger charge is 2.33. The number of nitrogens with zero attached hydrogens (tertiary/aromatic N) is 2. The van der Waals surface area contributed by atoms with E-state index in [0.717, 1.165) is 25.9 Å². The molecule has 0 saturated carbocycles. The van der Waals surface area contributed by atoms with Crippen molar-refractivity contribution in [1.29, 1.82) is 0 Å². The molecule has 1 aliphatic heterocycles. The van der Waals surface area contributed by atoms with Gasteiger partial charge in [-0.2, -0.15) is 0 Å². The first-order valence-electron chi connectivity index (χ1n) is 5.33. The van der Waals surface area contributed by atoms with Crippen LogP contribution in [-0.4, -0.2) is 35.9 Å². The predicted molar refractivity (Wildman–Crippen MR) is 60.2 cm³/mol. The highest BCUT2D eigenvalue weighted by molar-refractivity contribution is 5.53. The largest absolute Gasteiger partial charge is 0.315 e. The van der Waals surface area contributed by atoms with Gasteiger partial charge in [0.1, 0.15) is 0 Å². The third-order valence-electron chi connectivity index (χ3n) is 3.07. The maximum atomic E-state index is 5.16. The van der Waals surface area contributed by atoms with E-state index in [0.29, 0.717) is 6.04 Å². The summed E-state index contributed by atoms with van der Waals surface area (Å²) in [4.78, 5) is 6.89. The quantitative estimate of drug-likeness (QED) is 0.304. The van der Waals surface area contributed by atoms with Crippen LogP contribution in [0.3, 0.4) is 0 Å². The van der Waals surface area contributed by atoms with E-state index < -0.39 is 0 Å². The molecule has 1 atom stereocenters. The van der Waals surface area contributed by atoms with Crippen molar-refractivity contribution >= 4 is 6.34 Å². The molecule has 1 saturated heterocycles.